The molecule has 0 aliphatic carbocycles. The van der Waals surface area contributed by atoms with Crippen molar-refractivity contribution in [3.8, 4) is 5.75 Å². The maximum Gasteiger partial charge on any atom is 0.198 e. The van der Waals surface area contributed by atoms with E-state index in [-0.39, 0.29) is 12.3 Å². The number of carbonyl (C=O) groups excluding carboxylic acids is 1. The maximum atomic E-state index is 11.8. The number of Topliss-reactive ketones (excluding diaryl/α,β-unsaturated/α-hetero) is 1. The summed E-state index contributed by atoms with van der Waals surface area (Å²) in [5, 5.41) is 6.95. The van der Waals surface area contributed by atoms with Gasteiger partial charge in [0.15, 0.2) is 11.5 Å². The third kappa shape index (κ3) is 3.04. The lowest BCUT2D eigenvalue weighted by Gasteiger charge is -2.05. The molecule has 0 unspecified atom stereocenters. The van der Waals surface area contributed by atoms with Crippen molar-refractivity contribution in [2.45, 2.75) is 0 Å². The lowest BCUT2D eigenvalue weighted by Crippen LogP contribution is -2.27. The van der Waals surface area contributed by atoms with Crippen LogP contribution in [0.15, 0.2) is 6.20 Å². The van der Waals surface area contributed by atoms with E-state index in [9.17, 15) is 4.79 Å². The van der Waals surface area contributed by atoms with Gasteiger partial charge >= 0.3 is 0 Å². The first-order valence-corrected chi connectivity index (χ1v) is 4.99. The molecule has 16 heavy (non-hydrogen) atoms. The smallest absolute Gasteiger partial charge is 0.198 e. The van der Waals surface area contributed by atoms with Crippen molar-refractivity contribution in [1.29, 1.82) is 0 Å². The fraction of sp³-hybridized carbons (Fsp3) is 0.600. The van der Waals surface area contributed by atoms with E-state index in [4.69, 9.17) is 9.47 Å². The quantitative estimate of drug-likeness (QED) is 0.518. The fourth-order valence-electron chi connectivity index (χ4n) is 1.34. The Balaban J connectivity index is 2.55. The summed E-state index contributed by atoms with van der Waals surface area (Å²) >= 11 is 0. The predicted octanol–water partition coefficient (Wildman–Crippen LogP) is -0.153. The second-order valence-electron chi connectivity index (χ2n) is 3.28. The Kier molecular flexibility index (Phi) is 4.94. The van der Waals surface area contributed by atoms with Gasteiger partial charge in [-0.05, 0) is 0 Å². The molecular weight excluding hydrogens is 210 g/mol. The lowest BCUT2D eigenvalue weighted by molar-refractivity contribution is 0.0975. The van der Waals surface area contributed by atoms with Gasteiger partial charge in [0, 0.05) is 20.7 Å². The molecule has 0 fully saturated rings. The highest BCUT2D eigenvalue weighted by atomic mass is 16.5. The third-order valence-corrected chi connectivity index (χ3v) is 2.16. The molecule has 1 rings (SSSR count). The van der Waals surface area contributed by atoms with Crippen molar-refractivity contribution >= 4 is 5.78 Å². The summed E-state index contributed by atoms with van der Waals surface area (Å²) in [5.74, 6) is 0.453. The van der Waals surface area contributed by atoms with Crippen LogP contribution in [0.2, 0.25) is 0 Å². The van der Waals surface area contributed by atoms with E-state index in [2.05, 4.69) is 10.4 Å². The van der Waals surface area contributed by atoms with Gasteiger partial charge in [-0.15, -0.1) is 0 Å². The first kappa shape index (κ1) is 12.7. The number of hydrogen-bond acceptors (Lipinski definition) is 5. The number of nitrogens with zero attached hydrogens (tertiary/aromatic N) is 2. The first-order chi connectivity index (χ1) is 7.70. The molecule has 0 atom stereocenters. The molecule has 6 heteroatoms. The molecule has 0 saturated heterocycles. The standard InChI is InChI=1S/C10H17N3O3/c1-13-10(9(16-3)7-12-13)8(14)6-11-4-5-15-2/h7,11H,4-6H2,1-3H3. The van der Waals surface area contributed by atoms with Gasteiger partial charge in [0.2, 0.25) is 0 Å². The van der Waals surface area contributed by atoms with Gasteiger partial charge in [-0.2, -0.15) is 5.10 Å². The molecule has 0 amide bonds. The summed E-state index contributed by atoms with van der Waals surface area (Å²) in [7, 11) is 4.85. The number of nitrogens with one attached hydrogen (secondary N) is 1. The molecule has 1 aromatic rings. The van der Waals surface area contributed by atoms with Gasteiger partial charge in [0.05, 0.1) is 26.5 Å². The number of hydrogen-bond donors (Lipinski definition) is 1. The van der Waals surface area contributed by atoms with Crippen LogP contribution in [-0.2, 0) is 11.8 Å². The van der Waals surface area contributed by atoms with Crippen molar-refractivity contribution in [2.75, 3.05) is 33.9 Å². The van der Waals surface area contributed by atoms with Crippen LogP contribution < -0.4 is 10.1 Å². The van der Waals surface area contributed by atoms with Crippen LogP contribution in [0.5, 0.6) is 5.75 Å². The SMILES string of the molecule is COCCNCC(=O)c1c(OC)cnn1C. The molecule has 90 valence electrons. The zero-order chi connectivity index (χ0) is 12.0. The summed E-state index contributed by atoms with van der Waals surface area (Å²) in [4.78, 5) is 11.8. The Labute approximate surface area is 94.5 Å². The van der Waals surface area contributed by atoms with E-state index in [1.807, 2.05) is 0 Å². The topological polar surface area (TPSA) is 65.4 Å². The Morgan fingerprint density at radius 1 is 1.56 bits per heavy atom. The second-order valence-corrected chi connectivity index (χ2v) is 3.28. The van der Waals surface area contributed by atoms with Crippen molar-refractivity contribution in [2.24, 2.45) is 7.05 Å². The average Bonchev–Trinajstić information content (AvgIpc) is 2.65. The molecular formula is C10H17N3O3. The number of carbonyl (C=O) groups is 1. The van der Waals surface area contributed by atoms with Gasteiger partial charge in [-0.3, -0.25) is 9.48 Å². The Morgan fingerprint density at radius 3 is 2.94 bits per heavy atom. The molecule has 0 saturated carbocycles. The monoisotopic (exact) mass is 227 g/mol. The minimum absolute atomic E-state index is 0.0482. The van der Waals surface area contributed by atoms with Crippen LogP contribution in [0.4, 0.5) is 0 Å². The third-order valence-electron chi connectivity index (χ3n) is 2.16. The number of aryl methyl sites for hydroxylation is 1. The molecule has 0 aliphatic rings. The average molecular weight is 227 g/mol. The van der Waals surface area contributed by atoms with Gasteiger partial charge < -0.3 is 14.8 Å². The van der Waals surface area contributed by atoms with Crippen LogP contribution in [0.3, 0.4) is 0 Å². The lowest BCUT2D eigenvalue weighted by atomic mass is 10.2. The molecule has 0 radical (unpaired) electrons. The first-order valence-electron chi connectivity index (χ1n) is 4.99. The zero-order valence-electron chi connectivity index (χ0n) is 9.82. The second kappa shape index (κ2) is 6.24. The highest BCUT2D eigenvalue weighted by Crippen LogP contribution is 2.16. The van der Waals surface area contributed by atoms with Crippen LogP contribution in [0.1, 0.15) is 10.5 Å². The van der Waals surface area contributed by atoms with Crippen molar-refractivity contribution in [1.82, 2.24) is 15.1 Å². The molecule has 6 nitrogen and oxygen atoms in total. The van der Waals surface area contributed by atoms with E-state index < -0.39 is 0 Å². The Morgan fingerprint density at radius 2 is 2.31 bits per heavy atom. The highest BCUT2D eigenvalue weighted by molar-refractivity contribution is 5.98. The van der Waals surface area contributed by atoms with E-state index in [0.29, 0.717) is 24.6 Å². The number of rotatable bonds is 7. The van der Waals surface area contributed by atoms with Crippen molar-refractivity contribution in [3.05, 3.63) is 11.9 Å². The normalized spacial score (nSPS) is 10.4. The van der Waals surface area contributed by atoms with Crippen molar-refractivity contribution < 1.29 is 14.3 Å². The molecule has 0 aliphatic heterocycles. The van der Waals surface area contributed by atoms with Crippen LogP contribution >= 0.6 is 0 Å². The van der Waals surface area contributed by atoms with Gasteiger partial charge in [0.1, 0.15) is 5.69 Å². The molecule has 0 bridgehead atoms. The zero-order valence-corrected chi connectivity index (χ0v) is 9.82. The minimum Gasteiger partial charge on any atom is -0.493 e. The summed E-state index contributed by atoms with van der Waals surface area (Å²) in [5.41, 5.74) is 0.479. The maximum absolute atomic E-state index is 11.8. The summed E-state index contributed by atoms with van der Waals surface area (Å²) in [6, 6.07) is 0. The Bertz CT molecular complexity index is 349. The summed E-state index contributed by atoms with van der Waals surface area (Å²) in [6.07, 6.45) is 1.53. The van der Waals surface area contributed by atoms with E-state index in [1.165, 1.54) is 18.0 Å². The fourth-order valence-corrected chi connectivity index (χ4v) is 1.34. The number of ketones is 1. The van der Waals surface area contributed by atoms with Gasteiger partial charge in [0.25, 0.3) is 0 Å². The molecule has 0 aromatic carbocycles. The number of ether oxygens (including phenoxy) is 2. The Hall–Kier alpha value is -1.40. The minimum atomic E-state index is -0.0482. The summed E-state index contributed by atoms with van der Waals surface area (Å²) < 4.78 is 11.4. The summed E-state index contributed by atoms with van der Waals surface area (Å²) in [6.45, 7) is 1.47. The van der Waals surface area contributed by atoms with Crippen molar-refractivity contribution in [3.63, 3.8) is 0 Å². The van der Waals surface area contributed by atoms with E-state index >= 15 is 0 Å². The number of methoxy groups -OCH3 is 2. The molecule has 1 N–H and O–H groups in total. The molecule has 0 spiro atoms. The van der Waals surface area contributed by atoms with Gasteiger partial charge in [-0.25, -0.2) is 0 Å². The molecule has 1 aromatic heterocycles. The van der Waals surface area contributed by atoms with E-state index in [0.717, 1.165) is 0 Å². The predicted molar refractivity (Wildman–Crippen MR) is 58.8 cm³/mol. The molecule has 1 heterocycles. The largest absolute Gasteiger partial charge is 0.493 e. The van der Waals surface area contributed by atoms with Crippen LogP contribution in [0.25, 0.3) is 0 Å². The van der Waals surface area contributed by atoms with Crippen LogP contribution in [0, 0.1) is 0 Å². The number of aromatic nitrogens is 2. The van der Waals surface area contributed by atoms with Gasteiger partial charge in [-0.1, -0.05) is 0 Å². The van der Waals surface area contributed by atoms with Crippen LogP contribution in [-0.4, -0.2) is 49.5 Å². The van der Waals surface area contributed by atoms with E-state index in [1.54, 1.807) is 14.2 Å². The highest BCUT2D eigenvalue weighted by Gasteiger charge is 2.16.